The average molecular weight is 650 g/mol. The maximum Gasteiger partial charge on any atom is 0.339 e. The van der Waals surface area contributed by atoms with Gasteiger partial charge < -0.3 is 80.3 Å². The van der Waals surface area contributed by atoms with Crippen molar-refractivity contribution < 1.29 is 94.7 Å². The fourth-order valence-corrected chi connectivity index (χ4v) is 4.36. The van der Waals surface area contributed by atoms with E-state index in [2.05, 4.69) is 0 Å². The number of esters is 2. The zero-order valence-corrected chi connectivity index (χ0v) is 22.6. The summed E-state index contributed by atoms with van der Waals surface area (Å²) >= 11 is 0. The van der Waals surface area contributed by atoms with Gasteiger partial charge in [0.2, 0.25) is 23.0 Å². The number of aldehydes is 1. The number of phenolic OH excluding ortho intramolecular Hbond substituents is 8. The number of benzene rings is 3. The smallest absolute Gasteiger partial charge is 0.339 e. The number of fused-ring (bicyclic) bond motifs is 3. The second kappa shape index (κ2) is 12.1. The number of rotatable bonds is 6. The maximum atomic E-state index is 13.3. The predicted octanol–water partition coefficient (Wildman–Crippen LogP) is -0.534. The first-order valence-electron chi connectivity index (χ1n) is 12.4. The van der Waals surface area contributed by atoms with Crippen molar-refractivity contribution in [3.63, 3.8) is 0 Å². The molecule has 19 heteroatoms. The van der Waals surface area contributed by atoms with Gasteiger partial charge in [0.1, 0.15) is 30.5 Å². The van der Waals surface area contributed by atoms with Gasteiger partial charge in [-0.3, -0.25) is 0 Å². The van der Waals surface area contributed by atoms with Crippen LogP contribution in [0.3, 0.4) is 0 Å². The molecular weight excluding hydrogens is 628 g/mol. The molecule has 0 radical (unpaired) electrons. The van der Waals surface area contributed by atoms with E-state index in [0.29, 0.717) is 18.2 Å². The summed E-state index contributed by atoms with van der Waals surface area (Å²) in [5.74, 6) is -17.9. The molecule has 12 N–H and O–H groups in total. The molecule has 0 spiro atoms. The number of hydrogen-bond acceptors (Lipinski definition) is 18. The number of hydrogen-bond donors (Lipinski definition) is 12. The summed E-state index contributed by atoms with van der Waals surface area (Å²) < 4.78 is 15.2. The van der Waals surface area contributed by atoms with Crippen LogP contribution in [0.15, 0.2) is 18.2 Å². The van der Waals surface area contributed by atoms with Crippen molar-refractivity contribution in [2.75, 3.05) is 6.61 Å². The molecule has 46 heavy (non-hydrogen) atoms. The van der Waals surface area contributed by atoms with Gasteiger partial charge in [-0.15, -0.1) is 0 Å². The van der Waals surface area contributed by atoms with Gasteiger partial charge in [0.05, 0.1) is 11.1 Å². The highest BCUT2D eigenvalue weighted by molar-refractivity contribution is 6.08. The summed E-state index contributed by atoms with van der Waals surface area (Å²) in [6.07, 6.45) is -9.24. The van der Waals surface area contributed by atoms with Gasteiger partial charge >= 0.3 is 17.9 Å². The van der Waals surface area contributed by atoms with E-state index in [1.54, 1.807) is 0 Å². The van der Waals surface area contributed by atoms with Crippen molar-refractivity contribution >= 4 is 24.2 Å². The highest BCUT2D eigenvalue weighted by Gasteiger charge is 2.40. The second-order valence-electron chi connectivity index (χ2n) is 9.54. The fourth-order valence-electron chi connectivity index (χ4n) is 4.36. The lowest BCUT2D eigenvalue weighted by Crippen LogP contribution is -2.49. The Morgan fingerprint density at radius 1 is 0.804 bits per heavy atom. The number of phenols is 8. The molecule has 0 bridgehead atoms. The monoisotopic (exact) mass is 650 g/mol. The highest BCUT2D eigenvalue weighted by atomic mass is 16.6. The van der Waals surface area contributed by atoms with Crippen LogP contribution in [0.5, 0.6) is 57.5 Å². The van der Waals surface area contributed by atoms with Crippen LogP contribution in [0, 0.1) is 0 Å². The van der Waals surface area contributed by atoms with E-state index in [9.17, 15) is 80.5 Å². The number of ether oxygens (including phenoxy) is 3. The average Bonchev–Trinajstić information content (AvgIpc) is 3.03. The zero-order valence-electron chi connectivity index (χ0n) is 22.6. The van der Waals surface area contributed by atoms with Gasteiger partial charge in [-0.25, -0.2) is 14.4 Å². The Morgan fingerprint density at radius 3 is 1.93 bits per heavy atom. The largest absolute Gasteiger partial charge is 0.504 e. The molecule has 0 aromatic heterocycles. The Morgan fingerprint density at radius 2 is 1.35 bits per heavy atom. The summed E-state index contributed by atoms with van der Waals surface area (Å²) in [6.45, 7) is -1.18. The highest BCUT2D eigenvalue weighted by Crippen LogP contribution is 2.55. The van der Waals surface area contributed by atoms with Crippen molar-refractivity contribution in [2.24, 2.45) is 0 Å². The Labute approximate surface area is 253 Å². The minimum absolute atomic E-state index is 0.189. The number of aromatic carboxylic acids is 1. The lowest BCUT2D eigenvalue weighted by atomic mass is 9.91. The van der Waals surface area contributed by atoms with Gasteiger partial charge in [-0.05, 0) is 6.07 Å². The van der Waals surface area contributed by atoms with Gasteiger partial charge in [-0.2, -0.15) is 0 Å². The quantitative estimate of drug-likeness (QED) is 0.0905. The molecule has 3 aromatic rings. The van der Waals surface area contributed by atoms with E-state index in [4.69, 9.17) is 14.2 Å². The number of carbonyl (C=O) groups excluding carboxylic acids is 3. The predicted molar refractivity (Wildman–Crippen MR) is 142 cm³/mol. The third-order valence-corrected chi connectivity index (χ3v) is 6.67. The standard InChI is InChI=1S/C27H22O19/c28-4-11(31)18(35)24-12(32)5-44-26(42)7-3-13(45-23-8(25(40)41)2-10(30)17(34)22(23)39)19(36)21(38)15(7)14-6(27(43)46-24)1-9(29)16(33)20(14)37/h1-4,11-12,18,24,29-39H,5H2,(H,40,41). The molecule has 0 saturated carbocycles. The number of aromatic hydroxyl groups is 8. The van der Waals surface area contributed by atoms with Crippen LogP contribution in [0.25, 0.3) is 11.1 Å². The van der Waals surface area contributed by atoms with E-state index in [1.807, 2.05) is 0 Å². The molecular formula is C27H22O19. The van der Waals surface area contributed by atoms with Crippen molar-refractivity contribution in [3.8, 4) is 68.6 Å². The Balaban J connectivity index is 2.03. The molecule has 1 aliphatic heterocycles. The molecule has 19 nitrogen and oxygen atoms in total. The van der Waals surface area contributed by atoms with Crippen molar-refractivity contribution in [2.45, 2.75) is 24.4 Å². The van der Waals surface area contributed by atoms with Crippen molar-refractivity contribution in [3.05, 3.63) is 34.9 Å². The van der Waals surface area contributed by atoms with Gasteiger partial charge in [-0.1, -0.05) is 0 Å². The third kappa shape index (κ3) is 5.47. The van der Waals surface area contributed by atoms with E-state index in [1.165, 1.54) is 0 Å². The SMILES string of the molecule is O=CC(O)C(O)C1OC(=O)c2cc(O)c(O)c(O)c2-c2c(cc(Oc3c(C(=O)O)cc(O)c(O)c3O)c(O)c2O)C(=O)OCC1O. The molecule has 0 saturated heterocycles. The molecule has 0 aliphatic carbocycles. The van der Waals surface area contributed by atoms with E-state index >= 15 is 0 Å². The lowest BCUT2D eigenvalue weighted by Gasteiger charge is -2.28. The van der Waals surface area contributed by atoms with Crippen LogP contribution >= 0.6 is 0 Å². The minimum atomic E-state index is -2.35. The molecule has 3 aromatic carbocycles. The van der Waals surface area contributed by atoms with Crippen LogP contribution in [-0.2, 0) is 14.3 Å². The van der Waals surface area contributed by atoms with Gasteiger partial charge in [0.15, 0.2) is 46.9 Å². The van der Waals surface area contributed by atoms with Crippen LogP contribution in [0.1, 0.15) is 31.1 Å². The first-order chi connectivity index (χ1) is 21.5. The van der Waals surface area contributed by atoms with Crippen LogP contribution in [-0.4, -0.2) is 116 Å². The lowest BCUT2D eigenvalue weighted by molar-refractivity contribution is -0.138. The molecule has 1 aliphatic rings. The molecule has 0 fully saturated rings. The summed E-state index contributed by atoms with van der Waals surface area (Å²) in [5.41, 5.74) is -5.11. The summed E-state index contributed by atoms with van der Waals surface area (Å²) in [7, 11) is 0. The number of carboxylic acid groups (broad SMARTS) is 1. The molecule has 4 unspecified atom stereocenters. The van der Waals surface area contributed by atoms with E-state index in [-0.39, 0.29) is 6.29 Å². The fraction of sp³-hybridized carbons (Fsp3) is 0.185. The number of carboxylic acids is 1. The third-order valence-electron chi connectivity index (χ3n) is 6.67. The van der Waals surface area contributed by atoms with E-state index < -0.39 is 134 Å². The Hall–Kier alpha value is -6.18. The molecule has 4 atom stereocenters. The first-order valence-corrected chi connectivity index (χ1v) is 12.4. The number of cyclic esters (lactones) is 2. The molecule has 0 amide bonds. The number of aliphatic hydroxyl groups is 3. The summed E-state index contributed by atoms with van der Waals surface area (Å²) in [6, 6.07) is 1.36. The van der Waals surface area contributed by atoms with E-state index in [0.717, 1.165) is 0 Å². The maximum absolute atomic E-state index is 13.3. The normalized spacial score (nSPS) is 17.7. The van der Waals surface area contributed by atoms with Crippen LogP contribution < -0.4 is 4.74 Å². The summed E-state index contributed by atoms with van der Waals surface area (Å²) in [4.78, 5) is 49.4. The zero-order chi connectivity index (χ0) is 34.4. The second-order valence-corrected chi connectivity index (χ2v) is 9.54. The minimum Gasteiger partial charge on any atom is -0.504 e. The molecule has 244 valence electrons. The summed E-state index contributed by atoms with van der Waals surface area (Å²) in [5, 5.41) is 123. The molecule has 4 rings (SSSR count). The van der Waals surface area contributed by atoms with Gasteiger partial charge in [0, 0.05) is 23.3 Å². The Kier molecular flexibility index (Phi) is 8.59. The van der Waals surface area contributed by atoms with Crippen LogP contribution in [0.4, 0.5) is 0 Å². The number of carbonyl (C=O) groups is 4. The molecule has 1 heterocycles. The van der Waals surface area contributed by atoms with Crippen molar-refractivity contribution in [1.29, 1.82) is 0 Å². The van der Waals surface area contributed by atoms with Gasteiger partial charge in [0.25, 0.3) is 0 Å². The topological polar surface area (TPSA) is 339 Å². The Bertz CT molecular complexity index is 1780. The number of aliphatic hydroxyl groups excluding tert-OH is 3. The first kappa shape index (κ1) is 32.7. The van der Waals surface area contributed by atoms with Crippen molar-refractivity contribution in [1.82, 2.24) is 0 Å². The van der Waals surface area contributed by atoms with Crippen LogP contribution in [0.2, 0.25) is 0 Å².